The van der Waals surface area contributed by atoms with E-state index in [1.54, 1.807) is 0 Å². The molecular formula is C15H21N3O. The van der Waals surface area contributed by atoms with E-state index < -0.39 is 0 Å². The largest absolute Gasteiger partial charge is 0.367 e. The molecule has 1 unspecified atom stereocenters. The van der Waals surface area contributed by atoms with Crippen LogP contribution < -0.4 is 5.32 Å². The number of hydrogen-bond donors (Lipinski definition) is 1. The molecule has 1 aromatic rings. The number of nitrogens with zero attached hydrogens (tertiary/aromatic N) is 2. The molecule has 0 radical (unpaired) electrons. The van der Waals surface area contributed by atoms with E-state index in [2.05, 4.69) is 12.2 Å². The third-order valence-corrected chi connectivity index (χ3v) is 4.62. The van der Waals surface area contributed by atoms with Crippen molar-refractivity contribution in [2.45, 2.75) is 63.6 Å². The Bertz CT molecular complexity index is 504. The highest BCUT2D eigenvalue weighted by Crippen LogP contribution is 2.43. The lowest BCUT2D eigenvalue weighted by Crippen LogP contribution is -2.33. The SMILES string of the molecule is CC1(c2nc3c(c(C4CC4)n2)CNC3)CCCCO1. The van der Waals surface area contributed by atoms with Crippen molar-refractivity contribution in [3.8, 4) is 0 Å². The summed E-state index contributed by atoms with van der Waals surface area (Å²) in [6.45, 7) is 4.83. The zero-order valence-electron chi connectivity index (χ0n) is 11.5. The van der Waals surface area contributed by atoms with Gasteiger partial charge >= 0.3 is 0 Å². The van der Waals surface area contributed by atoms with E-state index in [1.165, 1.54) is 36.2 Å². The third-order valence-electron chi connectivity index (χ3n) is 4.62. The minimum absolute atomic E-state index is 0.264. The lowest BCUT2D eigenvalue weighted by molar-refractivity contribution is -0.0762. The Kier molecular flexibility index (Phi) is 2.64. The summed E-state index contributed by atoms with van der Waals surface area (Å²) in [7, 11) is 0. The van der Waals surface area contributed by atoms with Crippen molar-refractivity contribution in [2.75, 3.05) is 6.61 Å². The van der Waals surface area contributed by atoms with Gasteiger partial charge in [0.15, 0.2) is 5.82 Å². The van der Waals surface area contributed by atoms with Crippen LogP contribution in [-0.4, -0.2) is 16.6 Å². The molecule has 2 fully saturated rings. The van der Waals surface area contributed by atoms with Gasteiger partial charge in [-0.2, -0.15) is 0 Å². The quantitative estimate of drug-likeness (QED) is 0.885. The minimum atomic E-state index is -0.264. The maximum atomic E-state index is 6.02. The Morgan fingerprint density at radius 2 is 2.11 bits per heavy atom. The predicted octanol–water partition coefficient (Wildman–Crippen LogP) is 2.37. The summed E-state index contributed by atoms with van der Waals surface area (Å²) in [5.74, 6) is 1.61. The van der Waals surface area contributed by atoms with Crippen LogP contribution in [0.4, 0.5) is 0 Å². The summed E-state index contributed by atoms with van der Waals surface area (Å²) in [6, 6.07) is 0. The number of nitrogens with one attached hydrogen (secondary N) is 1. The van der Waals surface area contributed by atoms with Gasteiger partial charge in [-0.1, -0.05) is 0 Å². The molecule has 19 heavy (non-hydrogen) atoms. The maximum absolute atomic E-state index is 6.02. The second kappa shape index (κ2) is 4.25. The topological polar surface area (TPSA) is 47.0 Å². The maximum Gasteiger partial charge on any atom is 0.160 e. The first-order valence-corrected chi connectivity index (χ1v) is 7.51. The summed E-state index contributed by atoms with van der Waals surface area (Å²) in [5, 5.41) is 3.41. The normalized spacial score (nSPS) is 30.4. The fraction of sp³-hybridized carbons (Fsp3) is 0.733. The van der Waals surface area contributed by atoms with Gasteiger partial charge in [0.05, 0.1) is 11.4 Å². The molecule has 1 N–H and O–H groups in total. The monoisotopic (exact) mass is 259 g/mol. The average molecular weight is 259 g/mol. The molecule has 1 saturated carbocycles. The Labute approximate surface area is 114 Å². The third kappa shape index (κ3) is 1.98. The van der Waals surface area contributed by atoms with Gasteiger partial charge in [-0.3, -0.25) is 0 Å². The Hall–Kier alpha value is -1.00. The van der Waals surface area contributed by atoms with Gasteiger partial charge in [0.25, 0.3) is 0 Å². The number of ether oxygens (including phenoxy) is 1. The van der Waals surface area contributed by atoms with Gasteiger partial charge in [-0.15, -0.1) is 0 Å². The van der Waals surface area contributed by atoms with Crippen molar-refractivity contribution < 1.29 is 4.74 Å². The van der Waals surface area contributed by atoms with Gasteiger partial charge < -0.3 is 10.1 Å². The zero-order chi connectivity index (χ0) is 12.9. The smallest absolute Gasteiger partial charge is 0.160 e. The van der Waals surface area contributed by atoms with Gasteiger partial charge in [0.1, 0.15) is 5.60 Å². The second-order valence-electron chi connectivity index (χ2n) is 6.27. The molecule has 1 atom stereocenters. The molecule has 102 valence electrons. The Morgan fingerprint density at radius 1 is 1.21 bits per heavy atom. The summed E-state index contributed by atoms with van der Waals surface area (Å²) >= 11 is 0. The fourth-order valence-corrected chi connectivity index (χ4v) is 3.24. The van der Waals surface area contributed by atoms with Gasteiger partial charge in [-0.25, -0.2) is 9.97 Å². The van der Waals surface area contributed by atoms with Crippen LogP contribution in [0.1, 0.15) is 67.7 Å². The lowest BCUT2D eigenvalue weighted by atomic mass is 9.94. The van der Waals surface area contributed by atoms with E-state index >= 15 is 0 Å². The van der Waals surface area contributed by atoms with Crippen molar-refractivity contribution in [1.82, 2.24) is 15.3 Å². The van der Waals surface area contributed by atoms with Crippen molar-refractivity contribution >= 4 is 0 Å². The second-order valence-corrected chi connectivity index (χ2v) is 6.27. The van der Waals surface area contributed by atoms with Crippen LogP contribution in [-0.2, 0) is 23.4 Å². The molecule has 4 nitrogen and oxygen atoms in total. The average Bonchev–Trinajstić information content (AvgIpc) is 3.16. The molecule has 3 heterocycles. The van der Waals surface area contributed by atoms with Crippen LogP contribution in [0, 0.1) is 0 Å². The highest BCUT2D eigenvalue weighted by atomic mass is 16.5. The molecular weight excluding hydrogens is 238 g/mol. The first-order valence-electron chi connectivity index (χ1n) is 7.51. The van der Waals surface area contributed by atoms with Crippen LogP contribution >= 0.6 is 0 Å². The van der Waals surface area contributed by atoms with Crippen molar-refractivity contribution in [2.24, 2.45) is 0 Å². The molecule has 4 heteroatoms. The van der Waals surface area contributed by atoms with Crippen LogP contribution in [0.25, 0.3) is 0 Å². The van der Waals surface area contributed by atoms with E-state index in [0.29, 0.717) is 5.92 Å². The summed E-state index contributed by atoms with van der Waals surface area (Å²) in [6.07, 6.45) is 6.01. The number of fused-ring (bicyclic) bond motifs is 1. The molecule has 2 aliphatic heterocycles. The molecule has 1 aliphatic carbocycles. The molecule has 3 aliphatic rings. The predicted molar refractivity (Wildman–Crippen MR) is 71.7 cm³/mol. The van der Waals surface area contributed by atoms with E-state index in [4.69, 9.17) is 14.7 Å². The van der Waals surface area contributed by atoms with Crippen LogP contribution in [0.5, 0.6) is 0 Å². The van der Waals surface area contributed by atoms with E-state index in [1.807, 2.05) is 0 Å². The first-order chi connectivity index (χ1) is 9.26. The fourth-order valence-electron chi connectivity index (χ4n) is 3.24. The van der Waals surface area contributed by atoms with Crippen molar-refractivity contribution in [3.63, 3.8) is 0 Å². The molecule has 1 aromatic heterocycles. The van der Waals surface area contributed by atoms with Crippen LogP contribution in [0.3, 0.4) is 0 Å². The summed E-state index contributed by atoms with van der Waals surface area (Å²) in [4.78, 5) is 9.75. The number of hydrogen-bond acceptors (Lipinski definition) is 4. The molecule has 1 saturated heterocycles. The van der Waals surface area contributed by atoms with Gasteiger partial charge in [0, 0.05) is 31.2 Å². The molecule has 0 spiro atoms. The molecule has 0 amide bonds. The van der Waals surface area contributed by atoms with Crippen molar-refractivity contribution in [3.05, 3.63) is 22.8 Å². The van der Waals surface area contributed by atoms with E-state index in [9.17, 15) is 0 Å². The van der Waals surface area contributed by atoms with E-state index in [0.717, 1.165) is 38.4 Å². The summed E-state index contributed by atoms with van der Waals surface area (Å²) in [5.41, 5.74) is 3.62. The molecule has 0 bridgehead atoms. The van der Waals surface area contributed by atoms with Crippen molar-refractivity contribution in [1.29, 1.82) is 0 Å². The summed E-state index contributed by atoms with van der Waals surface area (Å²) < 4.78 is 6.02. The highest BCUT2D eigenvalue weighted by molar-refractivity contribution is 5.34. The van der Waals surface area contributed by atoms with Crippen LogP contribution in [0.15, 0.2) is 0 Å². The number of rotatable bonds is 2. The minimum Gasteiger partial charge on any atom is -0.367 e. The van der Waals surface area contributed by atoms with Crippen LogP contribution in [0.2, 0.25) is 0 Å². The zero-order valence-corrected chi connectivity index (χ0v) is 11.5. The Balaban J connectivity index is 1.78. The number of aromatic nitrogens is 2. The van der Waals surface area contributed by atoms with Gasteiger partial charge in [0.2, 0.25) is 0 Å². The molecule has 0 aromatic carbocycles. The van der Waals surface area contributed by atoms with E-state index in [-0.39, 0.29) is 5.60 Å². The standard InChI is InChI=1S/C15H21N3O/c1-15(6-2-3-7-19-15)14-17-12-9-16-8-11(12)13(18-14)10-4-5-10/h10,16H,2-9H2,1H3. The lowest BCUT2D eigenvalue weighted by Gasteiger charge is -2.33. The molecule has 4 rings (SSSR count). The Morgan fingerprint density at radius 3 is 2.84 bits per heavy atom. The highest BCUT2D eigenvalue weighted by Gasteiger charge is 2.37. The first kappa shape index (κ1) is 11.8. The van der Waals surface area contributed by atoms with Gasteiger partial charge in [-0.05, 0) is 39.0 Å².